The number of benzene rings is 3. The van der Waals surface area contributed by atoms with Crippen LogP contribution in [0.3, 0.4) is 0 Å². The number of nitrogens with zero attached hydrogens (tertiary/aromatic N) is 1. The molecule has 3 aromatic rings. The van der Waals surface area contributed by atoms with Crippen LogP contribution in [0.5, 0.6) is 5.75 Å². The molecule has 0 saturated heterocycles. The molecule has 160 valence electrons. The van der Waals surface area contributed by atoms with Gasteiger partial charge in [-0.2, -0.15) is 0 Å². The van der Waals surface area contributed by atoms with Crippen LogP contribution in [0, 0.1) is 6.92 Å². The molecule has 31 heavy (non-hydrogen) atoms. The van der Waals surface area contributed by atoms with Crippen LogP contribution < -0.4 is 14.4 Å². The fourth-order valence-corrected chi connectivity index (χ4v) is 5.06. The van der Waals surface area contributed by atoms with Crippen LogP contribution in [0.15, 0.2) is 78.9 Å². The van der Waals surface area contributed by atoms with Crippen molar-refractivity contribution in [3.05, 3.63) is 95.6 Å². The van der Waals surface area contributed by atoms with E-state index in [9.17, 15) is 13.2 Å². The van der Waals surface area contributed by atoms with E-state index in [1.807, 2.05) is 37.3 Å². The normalized spacial score (nSPS) is 15.6. The van der Waals surface area contributed by atoms with Crippen molar-refractivity contribution in [3.63, 3.8) is 0 Å². The third-order valence-corrected chi connectivity index (χ3v) is 6.86. The number of nitrogens with one attached hydrogen (secondary N) is 1. The third-order valence-electron chi connectivity index (χ3n) is 5.14. The van der Waals surface area contributed by atoms with Crippen LogP contribution in [-0.4, -0.2) is 27.0 Å². The molecule has 0 fully saturated rings. The highest BCUT2D eigenvalue weighted by atomic mass is 32.2. The van der Waals surface area contributed by atoms with E-state index in [2.05, 4.69) is 5.32 Å². The quantitative estimate of drug-likeness (QED) is 0.643. The van der Waals surface area contributed by atoms with E-state index < -0.39 is 16.1 Å². The SMILES string of the molecule is Cc1ccc(CNC(=O)[C@H]2CN(S(=O)(=O)Cc3ccccc3)c3ccccc3O2)cc1. The van der Waals surface area contributed by atoms with Crippen LogP contribution in [0.1, 0.15) is 16.7 Å². The Labute approximate surface area is 182 Å². The molecule has 6 nitrogen and oxygen atoms in total. The van der Waals surface area contributed by atoms with Crippen molar-refractivity contribution < 1.29 is 17.9 Å². The van der Waals surface area contributed by atoms with Gasteiger partial charge in [0.2, 0.25) is 10.0 Å². The molecule has 0 bridgehead atoms. The Balaban J connectivity index is 1.53. The molecule has 0 radical (unpaired) electrons. The van der Waals surface area contributed by atoms with E-state index >= 15 is 0 Å². The zero-order chi connectivity index (χ0) is 21.8. The van der Waals surface area contributed by atoms with Crippen LogP contribution in [-0.2, 0) is 27.1 Å². The van der Waals surface area contributed by atoms with E-state index in [0.29, 0.717) is 23.5 Å². The minimum Gasteiger partial charge on any atom is -0.476 e. The molecule has 0 saturated carbocycles. The van der Waals surface area contributed by atoms with Crippen LogP contribution >= 0.6 is 0 Å². The standard InChI is InChI=1S/C24H24N2O4S/c1-18-11-13-19(14-12-18)15-25-24(27)23-16-26(21-9-5-6-10-22(21)30-23)31(28,29)17-20-7-3-2-4-8-20/h2-14,23H,15-17H2,1H3,(H,25,27)/t23-/m1/s1. The molecule has 0 spiro atoms. The lowest BCUT2D eigenvalue weighted by atomic mass is 10.1. The van der Waals surface area contributed by atoms with E-state index in [-0.39, 0.29) is 18.2 Å². The summed E-state index contributed by atoms with van der Waals surface area (Å²) in [5.41, 5.74) is 3.23. The molecule has 1 N–H and O–H groups in total. The lowest BCUT2D eigenvalue weighted by molar-refractivity contribution is -0.127. The molecule has 1 heterocycles. The highest BCUT2D eigenvalue weighted by Crippen LogP contribution is 2.35. The number of carbonyl (C=O) groups is 1. The van der Waals surface area contributed by atoms with E-state index in [1.165, 1.54) is 4.31 Å². The number of aryl methyl sites for hydroxylation is 1. The van der Waals surface area contributed by atoms with Crippen LogP contribution in [0.25, 0.3) is 0 Å². The average molecular weight is 437 g/mol. The molecule has 3 aromatic carbocycles. The number of hydrogen-bond acceptors (Lipinski definition) is 4. The Morgan fingerprint density at radius 3 is 2.39 bits per heavy atom. The number of anilines is 1. The van der Waals surface area contributed by atoms with Gasteiger partial charge in [-0.05, 0) is 30.2 Å². The molecule has 1 amide bonds. The number of sulfonamides is 1. The highest BCUT2D eigenvalue weighted by Gasteiger charge is 2.36. The second kappa shape index (κ2) is 8.81. The van der Waals surface area contributed by atoms with Crippen molar-refractivity contribution in [1.29, 1.82) is 0 Å². The Hall–Kier alpha value is -3.32. The zero-order valence-electron chi connectivity index (χ0n) is 17.2. The number of ether oxygens (including phenoxy) is 1. The first kappa shape index (κ1) is 20.9. The minimum atomic E-state index is -3.71. The van der Waals surface area contributed by atoms with Gasteiger partial charge in [0, 0.05) is 6.54 Å². The van der Waals surface area contributed by atoms with E-state index in [1.54, 1.807) is 48.5 Å². The Morgan fingerprint density at radius 2 is 1.65 bits per heavy atom. The predicted molar refractivity (Wildman–Crippen MR) is 120 cm³/mol. The Morgan fingerprint density at radius 1 is 0.968 bits per heavy atom. The van der Waals surface area contributed by atoms with Crippen molar-refractivity contribution in [2.24, 2.45) is 0 Å². The van der Waals surface area contributed by atoms with Crippen molar-refractivity contribution in [1.82, 2.24) is 5.32 Å². The molecular weight excluding hydrogens is 412 g/mol. The molecule has 7 heteroatoms. The van der Waals surface area contributed by atoms with Gasteiger partial charge in [0.05, 0.1) is 18.0 Å². The number of fused-ring (bicyclic) bond motifs is 1. The molecule has 0 aromatic heterocycles. The van der Waals surface area contributed by atoms with Crippen molar-refractivity contribution in [3.8, 4) is 5.75 Å². The van der Waals surface area contributed by atoms with Crippen molar-refractivity contribution >= 4 is 21.6 Å². The summed E-state index contributed by atoms with van der Waals surface area (Å²) in [6.45, 7) is 2.27. The Kier molecular flexibility index (Phi) is 5.95. The number of para-hydroxylation sites is 2. The summed E-state index contributed by atoms with van der Waals surface area (Å²) in [7, 11) is -3.71. The zero-order valence-corrected chi connectivity index (χ0v) is 18.0. The smallest absolute Gasteiger partial charge is 0.263 e. The summed E-state index contributed by atoms with van der Waals surface area (Å²) in [4.78, 5) is 12.8. The highest BCUT2D eigenvalue weighted by molar-refractivity contribution is 7.92. The van der Waals surface area contributed by atoms with Crippen molar-refractivity contribution in [2.45, 2.75) is 25.3 Å². The van der Waals surface area contributed by atoms with Crippen LogP contribution in [0.2, 0.25) is 0 Å². The molecule has 1 aliphatic rings. The first-order chi connectivity index (χ1) is 14.9. The second-order valence-corrected chi connectivity index (χ2v) is 9.44. The van der Waals surface area contributed by atoms with Gasteiger partial charge in [0.1, 0.15) is 5.75 Å². The monoisotopic (exact) mass is 436 g/mol. The van der Waals surface area contributed by atoms with Crippen molar-refractivity contribution in [2.75, 3.05) is 10.8 Å². The largest absolute Gasteiger partial charge is 0.476 e. The summed E-state index contributed by atoms with van der Waals surface area (Å²) in [6.07, 6.45) is -0.939. The predicted octanol–water partition coefficient (Wildman–Crippen LogP) is 3.41. The van der Waals surface area contributed by atoms with Gasteiger partial charge in [-0.15, -0.1) is 0 Å². The fourth-order valence-electron chi connectivity index (χ4n) is 3.47. The number of rotatable bonds is 6. The lowest BCUT2D eigenvalue weighted by Crippen LogP contribution is -2.50. The molecule has 0 unspecified atom stereocenters. The maximum Gasteiger partial charge on any atom is 0.263 e. The van der Waals surface area contributed by atoms with Gasteiger partial charge in [0.15, 0.2) is 6.10 Å². The molecule has 1 aliphatic heterocycles. The summed E-state index contributed by atoms with van der Waals surface area (Å²) < 4.78 is 33.6. The first-order valence-electron chi connectivity index (χ1n) is 10.1. The van der Waals surface area contributed by atoms with Gasteiger partial charge in [0.25, 0.3) is 5.91 Å². The maximum absolute atomic E-state index is 13.2. The third kappa shape index (κ3) is 4.88. The van der Waals surface area contributed by atoms with Gasteiger partial charge >= 0.3 is 0 Å². The van der Waals surface area contributed by atoms with Gasteiger partial charge < -0.3 is 10.1 Å². The topological polar surface area (TPSA) is 75.7 Å². The number of carbonyl (C=O) groups excluding carboxylic acids is 1. The summed E-state index contributed by atoms with van der Waals surface area (Å²) in [5, 5.41) is 2.86. The second-order valence-electron chi connectivity index (χ2n) is 7.55. The molecular formula is C24H24N2O4S. The summed E-state index contributed by atoms with van der Waals surface area (Å²) in [6, 6.07) is 23.7. The van der Waals surface area contributed by atoms with E-state index in [0.717, 1.165) is 11.1 Å². The summed E-state index contributed by atoms with van der Waals surface area (Å²) in [5.74, 6) is -0.129. The number of amides is 1. The average Bonchev–Trinajstić information content (AvgIpc) is 2.78. The molecule has 1 atom stereocenters. The minimum absolute atomic E-state index is 0.0775. The van der Waals surface area contributed by atoms with Gasteiger partial charge in [-0.1, -0.05) is 72.3 Å². The van der Waals surface area contributed by atoms with Gasteiger partial charge in [-0.3, -0.25) is 9.10 Å². The van der Waals surface area contributed by atoms with Crippen LogP contribution in [0.4, 0.5) is 5.69 Å². The lowest BCUT2D eigenvalue weighted by Gasteiger charge is -2.34. The summed E-state index contributed by atoms with van der Waals surface area (Å²) >= 11 is 0. The molecule has 4 rings (SSSR count). The molecule has 0 aliphatic carbocycles. The van der Waals surface area contributed by atoms with E-state index in [4.69, 9.17) is 4.74 Å². The fraction of sp³-hybridized carbons (Fsp3) is 0.208. The van der Waals surface area contributed by atoms with Gasteiger partial charge in [-0.25, -0.2) is 8.42 Å². The number of hydrogen-bond donors (Lipinski definition) is 1. The Bertz CT molecular complexity index is 1160. The maximum atomic E-state index is 13.2. The first-order valence-corrected chi connectivity index (χ1v) is 11.7.